The predicted octanol–water partition coefficient (Wildman–Crippen LogP) is 4.43. The molecule has 0 saturated carbocycles. The summed E-state index contributed by atoms with van der Waals surface area (Å²) in [6, 6.07) is 4.82. The minimum Gasteiger partial charge on any atom is -0.480 e. The number of anilines is 1. The number of fused-ring (bicyclic) bond motifs is 3. The summed E-state index contributed by atoms with van der Waals surface area (Å²) in [4.78, 5) is 16.3. The van der Waals surface area contributed by atoms with E-state index < -0.39 is 36.6 Å². The molecule has 39 heavy (non-hydrogen) atoms. The van der Waals surface area contributed by atoms with E-state index in [9.17, 15) is 13.6 Å². The van der Waals surface area contributed by atoms with E-state index in [0.29, 0.717) is 30.8 Å². The van der Waals surface area contributed by atoms with E-state index in [0.717, 1.165) is 42.4 Å². The molecule has 0 radical (unpaired) electrons. The molecular weight excluding hydrogens is 514 g/mol. The van der Waals surface area contributed by atoms with Crippen molar-refractivity contribution in [2.45, 2.75) is 44.7 Å². The molecule has 2 atom stereocenters. The van der Waals surface area contributed by atoms with Gasteiger partial charge in [0.1, 0.15) is 11.6 Å². The van der Waals surface area contributed by atoms with E-state index in [4.69, 9.17) is 5.11 Å². The number of halogens is 4. The van der Waals surface area contributed by atoms with E-state index in [-0.39, 0.29) is 23.6 Å². The second kappa shape index (κ2) is 9.78. The molecule has 208 valence electrons. The molecular formula is C28H31F4N5O2. The quantitative estimate of drug-likeness (QED) is 0.447. The van der Waals surface area contributed by atoms with Gasteiger partial charge in [0.05, 0.1) is 30.8 Å². The normalized spacial score (nSPS) is 23.4. The van der Waals surface area contributed by atoms with Gasteiger partial charge < -0.3 is 10.0 Å². The highest BCUT2D eigenvalue weighted by molar-refractivity contribution is 5.83. The fourth-order valence-electron chi connectivity index (χ4n) is 6.96. The van der Waals surface area contributed by atoms with Crippen molar-refractivity contribution in [2.75, 3.05) is 44.2 Å². The maximum Gasteiger partial charge on any atom is 0.317 e. The SMILES string of the molecule is C[C@@H]1Cc2c(ccc3[nH]ncc23)C(c2c(F)cc(N3CCC4(CC3)CN(CC(=O)O)C4)cc2F)N1CC(F)F. The maximum absolute atomic E-state index is 15.9. The minimum absolute atomic E-state index is 0.0287. The number of carboxylic acids is 1. The number of hydrogen-bond donors (Lipinski definition) is 2. The van der Waals surface area contributed by atoms with Crippen LogP contribution in [-0.4, -0.2) is 82.8 Å². The monoisotopic (exact) mass is 545 g/mol. The van der Waals surface area contributed by atoms with Crippen LogP contribution in [0, 0.1) is 17.0 Å². The van der Waals surface area contributed by atoms with Crippen LogP contribution < -0.4 is 4.90 Å². The Balaban J connectivity index is 1.29. The average molecular weight is 546 g/mol. The van der Waals surface area contributed by atoms with Crippen LogP contribution in [0.5, 0.6) is 0 Å². The Morgan fingerprint density at radius 2 is 1.87 bits per heavy atom. The lowest BCUT2D eigenvalue weighted by Gasteiger charge is -2.54. The van der Waals surface area contributed by atoms with Crippen LogP contribution in [0.2, 0.25) is 0 Å². The number of H-pyrrole nitrogens is 1. The third kappa shape index (κ3) is 4.65. The zero-order chi connectivity index (χ0) is 27.5. The van der Waals surface area contributed by atoms with E-state index in [1.807, 2.05) is 16.7 Å². The van der Waals surface area contributed by atoms with E-state index >= 15 is 8.78 Å². The molecule has 2 saturated heterocycles. The molecule has 6 rings (SSSR count). The highest BCUT2D eigenvalue weighted by Gasteiger charge is 2.45. The standard InChI is InChI=1S/C28H31F4N5O2/c1-16-8-19-18(2-3-23-20(19)11-33-34-23)27(37(16)12-24(31)32)26-21(29)9-17(10-22(26)30)36-6-4-28(5-7-36)14-35(15-28)13-25(38)39/h2-3,9-11,16,24,27H,4-8,12-15H2,1H3,(H,33,34)(H,38,39)/t16-,27?/m1/s1. The summed E-state index contributed by atoms with van der Waals surface area (Å²) >= 11 is 0. The van der Waals surface area contributed by atoms with Gasteiger partial charge in [-0.15, -0.1) is 0 Å². The highest BCUT2D eigenvalue weighted by atomic mass is 19.3. The molecule has 7 nitrogen and oxygen atoms in total. The number of aliphatic carboxylic acids is 1. The van der Waals surface area contributed by atoms with Crippen LogP contribution >= 0.6 is 0 Å². The largest absolute Gasteiger partial charge is 0.480 e. The number of hydrogen-bond acceptors (Lipinski definition) is 5. The van der Waals surface area contributed by atoms with Crippen molar-refractivity contribution in [3.8, 4) is 0 Å². The Bertz CT molecular complexity index is 1370. The number of nitrogens with zero attached hydrogens (tertiary/aromatic N) is 4. The molecule has 0 aliphatic carbocycles. The molecule has 2 aromatic carbocycles. The van der Waals surface area contributed by atoms with E-state index in [1.165, 1.54) is 17.0 Å². The van der Waals surface area contributed by atoms with Crippen LogP contribution in [0.3, 0.4) is 0 Å². The van der Waals surface area contributed by atoms with Gasteiger partial charge in [-0.3, -0.25) is 19.7 Å². The molecule has 11 heteroatoms. The topological polar surface area (TPSA) is 75.7 Å². The Hall–Kier alpha value is -3.18. The zero-order valence-corrected chi connectivity index (χ0v) is 21.6. The molecule has 3 aliphatic heterocycles. The van der Waals surface area contributed by atoms with Gasteiger partial charge >= 0.3 is 5.97 Å². The lowest BCUT2D eigenvalue weighted by molar-refractivity contribution is -0.142. The van der Waals surface area contributed by atoms with Crippen molar-refractivity contribution < 1.29 is 27.5 Å². The van der Waals surface area contributed by atoms with Crippen LogP contribution in [-0.2, 0) is 11.2 Å². The Kier molecular flexibility index (Phi) is 6.53. The summed E-state index contributed by atoms with van der Waals surface area (Å²) in [6.45, 7) is 3.90. The molecule has 3 aliphatic rings. The number of benzene rings is 2. The van der Waals surface area contributed by atoms with Crippen molar-refractivity contribution in [1.82, 2.24) is 20.0 Å². The van der Waals surface area contributed by atoms with Crippen molar-refractivity contribution in [2.24, 2.45) is 5.41 Å². The van der Waals surface area contributed by atoms with Crippen molar-refractivity contribution in [3.05, 3.63) is 58.8 Å². The number of likely N-dealkylation sites (tertiary alicyclic amines) is 1. The number of carboxylic acid groups (broad SMARTS) is 1. The molecule has 0 amide bonds. The summed E-state index contributed by atoms with van der Waals surface area (Å²) in [7, 11) is 0. The lowest BCUT2D eigenvalue weighted by atomic mass is 9.72. The van der Waals surface area contributed by atoms with Gasteiger partial charge in [0, 0.05) is 48.9 Å². The van der Waals surface area contributed by atoms with Crippen molar-refractivity contribution >= 4 is 22.6 Å². The molecule has 3 aromatic rings. The van der Waals surface area contributed by atoms with Crippen LogP contribution in [0.1, 0.15) is 42.5 Å². The smallest absolute Gasteiger partial charge is 0.317 e. The summed E-state index contributed by atoms with van der Waals surface area (Å²) < 4.78 is 59.1. The first-order valence-corrected chi connectivity index (χ1v) is 13.3. The van der Waals surface area contributed by atoms with Gasteiger partial charge in [0.25, 0.3) is 6.43 Å². The van der Waals surface area contributed by atoms with Gasteiger partial charge in [-0.05, 0) is 60.9 Å². The maximum atomic E-state index is 15.9. The number of carbonyl (C=O) groups is 1. The number of rotatable bonds is 6. The van der Waals surface area contributed by atoms with Crippen LogP contribution in [0.25, 0.3) is 10.9 Å². The number of aromatic amines is 1. The molecule has 2 fully saturated rings. The van der Waals surface area contributed by atoms with Gasteiger partial charge in [-0.2, -0.15) is 5.10 Å². The average Bonchev–Trinajstić information content (AvgIpc) is 3.34. The van der Waals surface area contributed by atoms with E-state index in [1.54, 1.807) is 18.3 Å². The van der Waals surface area contributed by atoms with Crippen LogP contribution in [0.4, 0.5) is 23.2 Å². The summed E-state index contributed by atoms with van der Waals surface area (Å²) in [5.74, 6) is -2.35. The fraction of sp³-hybridized carbons (Fsp3) is 0.500. The molecule has 1 aromatic heterocycles. The summed E-state index contributed by atoms with van der Waals surface area (Å²) in [5, 5.41) is 16.8. The Labute approximate surface area is 223 Å². The number of piperidine rings is 1. The summed E-state index contributed by atoms with van der Waals surface area (Å²) in [6.07, 6.45) is 1.10. The molecule has 1 spiro atoms. The predicted molar refractivity (Wildman–Crippen MR) is 138 cm³/mol. The van der Waals surface area contributed by atoms with E-state index in [2.05, 4.69) is 10.2 Å². The number of aromatic nitrogens is 2. The Morgan fingerprint density at radius 3 is 2.51 bits per heavy atom. The van der Waals surface area contributed by atoms with Gasteiger partial charge in [-0.1, -0.05) is 6.07 Å². The van der Waals surface area contributed by atoms with Gasteiger partial charge in [0.15, 0.2) is 0 Å². The van der Waals surface area contributed by atoms with Gasteiger partial charge in [0.2, 0.25) is 0 Å². The second-order valence-corrected chi connectivity index (χ2v) is 11.4. The summed E-state index contributed by atoms with van der Waals surface area (Å²) in [5.41, 5.74) is 2.54. The highest BCUT2D eigenvalue weighted by Crippen LogP contribution is 2.45. The fourth-order valence-corrected chi connectivity index (χ4v) is 6.96. The molecule has 0 bridgehead atoms. The molecule has 2 N–H and O–H groups in total. The second-order valence-electron chi connectivity index (χ2n) is 11.4. The Morgan fingerprint density at radius 1 is 1.18 bits per heavy atom. The van der Waals surface area contributed by atoms with Crippen LogP contribution in [0.15, 0.2) is 30.5 Å². The zero-order valence-electron chi connectivity index (χ0n) is 21.6. The first-order chi connectivity index (χ1) is 18.6. The molecule has 4 heterocycles. The third-order valence-electron chi connectivity index (χ3n) is 8.82. The van der Waals surface area contributed by atoms with Gasteiger partial charge in [-0.25, -0.2) is 17.6 Å². The lowest BCUT2D eigenvalue weighted by Crippen LogP contribution is -2.61. The number of nitrogens with one attached hydrogen (secondary N) is 1. The van der Waals surface area contributed by atoms with Crippen molar-refractivity contribution in [1.29, 1.82) is 0 Å². The third-order valence-corrected chi connectivity index (χ3v) is 8.82. The first kappa shape index (κ1) is 26.1. The first-order valence-electron chi connectivity index (χ1n) is 13.3. The minimum atomic E-state index is -2.65. The van der Waals surface area contributed by atoms with Crippen molar-refractivity contribution in [3.63, 3.8) is 0 Å². The number of alkyl halides is 2. The molecule has 1 unspecified atom stereocenters.